The van der Waals surface area contributed by atoms with Crippen molar-refractivity contribution in [2.75, 3.05) is 6.54 Å². The predicted molar refractivity (Wildman–Crippen MR) is 76.4 cm³/mol. The molecule has 0 heterocycles. The summed E-state index contributed by atoms with van der Waals surface area (Å²) in [5, 5.41) is 2.97. The first-order valence-electron chi connectivity index (χ1n) is 7.19. The van der Waals surface area contributed by atoms with E-state index in [1.54, 1.807) is 12.1 Å². The zero-order valence-corrected chi connectivity index (χ0v) is 11.9. The number of hydrogen-bond acceptors (Lipinski definition) is 1. The van der Waals surface area contributed by atoms with Crippen molar-refractivity contribution in [2.45, 2.75) is 46.0 Å². The minimum Gasteiger partial charge on any atom is -0.356 e. The fourth-order valence-electron chi connectivity index (χ4n) is 2.10. The van der Waals surface area contributed by atoms with E-state index in [0.717, 1.165) is 37.7 Å². The van der Waals surface area contributed by atoms with Crippen molar-refractivity contribution in [1.82, 2.24) is 5.32 Å². The largest absolute Gasteiger partial charge is 0.356 e. The zero-order chi connectivity index (χ0) is 14.1. The molecule has 1 amide bonds. The molecule has 0 aliphatic rings. The van der Waals surface area contributed by atoms with Crippen molar-refractivity contribution >= 4 is 5.91 Å². The molecule has 1 unspecified atom stereocenters. The Labute approximate surface area is 115 Å². The van der Waals surface area contributed by atoms with Crippen molar-refractivity contribution in [3.8, 4) is 0 Å². The molecular weight excluding hydrogens is 241 g/mol. The lowest BCUT2D eigenvalue weighted by Crippen LogP contribution is -2.32. The van der Waals surface area contributed by atoms with Gasteiger partial charge in [-0.05, 0) is 37.0 Å². The predicted octanol–water partition coefficient (Wildman–Crippen LogP) is 3.70. The van der Waals surface area contributed by atoms with Gasteiger partial charge in [-0.25, -0.2) is 4.39 Å². The maximum Gasteiger partial charge on any atom is 0.223 e. The van der Waals surface area contributed by atoms with Gasteiger partial charge in [-0.15, -0.1) is 0 Å². The molecule has 0 bridgehead atoms. The monoisotopic (exact) mass is 265 g/mol. The van der Waals surface area contributed by atoms with Crippen LogP contribution in [0.3, 0.4) is 0 Å². The molecule has 0 saturated carbocycles. The number of rotatable bonds is 8. The summed E-state index contributed by atoms with van der Waals surface area (Å²) in [5.74, 6) is 0.0598. The van der Waals surface area contributed by atoms with E-state index >= 15 is 0 Å². The van der Waals surface area contributed by atoms with Crippen LogP contribution in [0.15, 0.2) is 24.3 Å². The minimum atomic E-state index is -0.224. The Bertz CT molecular complexity index is 375. The Balaban J connectivity index is 2.31. The average Bonchev–Trinajstić information content (AvgIpc) is 2.42. The maximum absolute atomic E-state index is 12.7. The van der Waals surface area contributed by atoms with E-state index in [9.17, 15) is 9.18 Å². The zero-order valence-electron chi connectivity index (χ0n) is 11.9. The normalized spacial score (nSPS) is 12.2. The van der Waals surface area contributed by atoms with Gasteiger partial charge in [0, 0.05) is 12.5 Å². The lowest BCUT2D eigenvalue weighted by molar-refractivity contribution is -0.125. The van der Waals surface area contributed by atoms with Gasteiger partial charge in [0.15, 0.2) is 0 Å². The molecule has 1 rings (SSSR count). The van der Waals surface area contributed by atoms with Crippen molar-refractivity contribution < 1.29 is 9.18 Å². The van der Waals surface area contributed by atoms with Gasteiger partial charge in [0.25, 0.3) is 0 Å². The van der Waals surface area contributed by atoms with Crippen LogP contribution >= 0.6 is 0 Å². The lowest BCUT2D eigenvalue weighted by atomic mass is 9.98. The third kappa shape index (κ3) is 5.86. The van der Waals surface area contributed by atoms with Crippen LogP contribution in [0.4, 0.5) is 4.39 Å². The van der Waals surface area contributed by atoms with Crippen molar-refractivity contribution in [1.29, 1.82) is 0 Å². The molecule has 19 heavy (non-hydrogen) atoms. The smallest absolute Gasteiger partial charge is 0.223 e. The van der Waals surface area contributed by atoms with Crippen molar-refractivity contribution in [2.24, 2.45) is 5.92 Å². The van der Waals surface area contributed by atoms with Gasteiger partial charge < -0.3 is 5.32 Å². The number of amides is 1. The van der Waals surface area contributed by atoms with E-state index in [0.29, 0.717) is 6.54 Å². The summed E-state index contributed by atoms with van der Waals surface area (Å²) in [5.41, 5.74) is 1.04. The standard InChI is InChI=1S/C16H24FNO/c1-3-5-6-14(4-2)16(19)18-12-11-13-7-9-15(17)10-8-13/h7-10,14H,3-6,11-12H2,1-2H3,(H,18,19). The molecule has 0 aromatic heterocycles. The second kappa shape index (κ2) is 8.68. The van der Waals surface area contributed by atoms with Gasteiger partial charge in [-0.1, -0.05) is 38.8 Å². The third-order valence-corrected chi connectivity index (χ3v) is 3.40. The van der Waals surface area contributed by atoms with Gasteiger partial charge in [0.2, 0.25) is 5.91 Å². The van der Waals surface area contributed by atoms with Crippen LogP contribution in [0, 0.1) is 11.7 Å². The highest BCUT2D eigenvalue weighted by molar-refractivity contribution is 5.78. The first kappa shape index (κ1) is 15.7. The molecule has 0 fully saturated rings. The molecule has 1 N–H and O–H groups in total. The van der Waals surface area contributed by atoms with E-state index < -0.39 is 0 Å². The molecule has 0 radical (unpaired) electrons. The van der Waals surface area contributed by atoms with Gasteiger partial charge in [0.1, 0.15) is 5.82 Å². The SMILES string of the molecule is CCCCC(CC)C(=O)NCCc1ccc(F)cc1. The summed E-state index contributed by atoms with van der Waals surface area (Å²) in [6, 6.07) is 6.42. The van der Waals surface area contributed by atoms with Crippen LogP contribution in [-0.2, 0) is 11.2 Å². The average molecular weight is 265 g/mol. The number of unbranched alkanes of at least 4 members (excludes halogenated alkanes) is 1. The van der Waals surface area contributed by atoms with E-state index in [1.807, 2.05) is 0 Å². The molecule has 0 spiro atoms. The molecular formula is C16H24FNO. The minimum absolute atomic E-state index is 0.133. The summed E-state index contributed by atoms with van der Waals surface area (Å²) in [4.78, 5) is 12.0. The fraction of sp³-hybridized carbons (Fsp3) is 0.562. The van der Waals surface area contributed by atoms with Crippen molar-refractivity contribution in [3.63, 3.8) is 0 Å². The van der Waals surface area contributed by atoms with Crippen LogP contribution in [0.2, 0.25) is 0 Å². The van der Waals surface area contributed by atoms with Crippen LogP contribution in [0.1, 0.15) is 45.1 Å². The first-order chi connectivity index (χ1) is 9.17. The van der Waals surface area contributed by atoms with Crippen LogP contribution < -0.4 is 5.32 Å². The summed E-state index contributed by atoms with van der Waals surface area (Å²) >= 11 is 0. The summed E-state index contributed by atoms with van der Waals surface area (Å²) < 4.78 is 12.7. The van der Waals surface area contributed by atoms with E-state index in [2.05, 4.69) is 19.2 Å². The Morgan fingerprint density at radius 1 is 1.26 bits per heavy atom. The number of halogens is 1. The topological polar surface area (TPSA) is 29.1 Å². The summed E-state index contributed by atoms with van der Waals surface area (Å²) in [6.45, 7) is 4.81. The highest BCUT2D eigenvalue weighted by Crippen LogP contribution is 2.12. The summed E-state index contributed by atoms with van der Waals surface area (Å²) in [6.07, 6.45) is 4.83. The van der Waals surface area contributed by atoms with Gasteiger partial charge >= 0.3 is 0 Å². The molecule has 0 aliphatic heterocycles. The van der Waals surface area contributed by atoms with Crippen LogP contribution in [0.25, 0.3) is 0 Å². The quantitative estimate of drug-likeness (QED) is 0.763. The van der Waals surface area contributed by atoms with Crippen LogP contribution in [0.5, 0.6) is 0 Å². The first-order valence-corrected chi connectivity index (χ1v) is 7.19. The Hall–Kier alpha value is -1.38. The highest BCUT2D eigenvalue weighted by Gasteiger charge is 2.14. The second-order valence-electron chi connectivity index (χ2n) is 4.91. The van der Waals surface area contributed by atoms with Gasteiger partial charge in [-0.3, -0.25) is 4.79 Å². The molecule has 1 atom stereocenters. The van der Waals surface area contributed by atoms with E-state index in [-0.39, 0.29) is 17.6 Å². The molecule has 106 valence electrons. The Kier molecular flexibility index (Phi) is 7.16. The molecule has 1 aromatic carbocycles. The summed E-state index contributed by atoms with van der Waals surface area (Å²) in [7, 11) is 0. The van der Waals surface area contributed by atoms with Crippen molar-refractivity contribution in [3.05, 3.63) is 35.6 Å². The van der Waals surface area contributed by atoms with Crippen LogP contribution in [-0.4, -0.2) is 12.5 Å². The molecule has 0 aliphatic carbocycles. The lowest BCUT2D eigenvalue weighted by Gasteiger charge is -2.14. The number of carbonyl (C=O) groups is 1. The number of nitrogens with one attached hydrogen (secondary N) is 1. The van der Waals surface area contributed by atoms with E-state index in [4.69, 9.17) is 0 Å². The second-order valence-corrected chi connectivity index (χ2v) is 4.91. The third-order valence-electron chi connectivity index (χ3n) is 3.40. The Morgan fingerprint density at radius 3 is 2.53 bits per heavy atom. The van der Waals surface area contributed by atoms with E-state index in [1.165, 1.54) is 12.1 Å². The molecule has 0 saturated heterocycles. The number of hydrogen-bond donors (Lipinski definition) is 1. The Morgan fingerprint density at radius 2 is 1.95 bits per heavy atom. The highest BCUT2D eigenvalue weighted by atomic mass is 19.1. The van der Waals surface area contributed by atoms with Gasteiger partial charge in [-0.2, -0.15) is 0 Å². The fourth-order valence-corrected chi connectivity index (χ4v) is 2.10. The maximum atomic E-state index is 12.7. The number of carbonyl (C=O) groups excluding carboxylic acids is 1. The molecule has 1 aromatic rings. The molecule has 3 heteroatoms. The molecule has 2 nitrogen and oxygen atoms in total. The number of benzene rings is 1. The van der Waals surface area contributed by atoms with Gasteiger partial charge in [0.05, 0.1) is 0 Å².